The summed E-state index contributed by atoms with van der Waals surface area (Å²) in [7, 11) is 0. The van der Waals surface area contributed by atoms with E-state index in [1.807, 2.05) is 12.1 Å². The fourth-order valence-corrected chi connectivity index (χ4v) is 2.56. The van der Waals surface area contributed by atoms with Gasteiger partial charge in [0, 0.05) is 26.2 Å². The van der Waals surface area contributed by atoms with Crippen LogP contribution in [0, 0.1) is 0 Å². The van der Waals surface area contributed by atoms with Gasteiger partial charge in [-0.2, -0.15) is 0 Å². The number of benzene rings is 1. The number of anilines is 1. The Balaban J connectivity index is 1.89. The predicted octanol–water partition coefficient (Wildman–Crippen LogP) is 3.26. The number of nitrogens with zero attached hydrogens (tertiary/aromatic N) is 2. The first-order valence-electron chi connectivity index (χ1n) is 6.53. The Labute approximate surface area is 109 Å². The largest absolute Gasteiger partial charge is 0.368 e. The molecule has 1 aromatic rings. The lowest BCUT2D eigenvalue weighted by Crippen LogP contribution is -2.46. The molecule has 1 aromatic carbocycles. The van der Waals surface area contributed by atoms with E-state index in [-0.39, 0.29) is 0 Å². The molecule has 17 heavy (non-hydrogen) atoms. The second-order valence-corrected chi connectivity index (χ2v) is 5.04. The molecule has 0 spiro atoms. The summed E-state index contributed by atoms with van der Waals surface area (Å²) >= 11 is 6.22. The third-order valence-corrected chi connectivity index (χ3v) is 3.71. The standard InChI is InChI=1S/C14H21ClN2/c1-2-3-8-16-9-11-17(12-10-16)14-7-5-4-6-13(14)15/h4-7H,2-3,8-12H2,1H3. The normalized spacial score (nSPS) is 17.4. The van der Waals surface area contributed by atoms with Crippen LogP contribution in [0.15, 0.2) is 24.3 Å². The molecule has 2 nitrogen and oxygen atoms in total. The number of para-hydroxylation sites is 1. The van der Waals surface area contributed by atoms with Gasteiger partial charge in [0.15, 0.2) is 0 Å². The van der Waals surface area contributed by atoms with E-state index in [1.165, 1.54) is 25.1 Å². The summed E-state index contributed by atoms with van der Waals surface area (Å²) in [5.74, 6) is 0. The summed E-state index contributed by atoms with van der Waals surface area (Å²) in [5, 5.41) is 0.870. The second kappa shape index (κ2) is 6.27. The van der Waals surface area contributed by atoms with E-state index in [4.69, 9.17) is 11.6 Å². The zero-order valence-electron chi connectivity index (χ0n) is 10.5. The molecule has 1 heterocycles. The Morgan fingerprint density at radius 3 is 2.47 bits per heavy atom. The molecule has 1 aliphatic rings. The van der Waals surface area contributed by atoms with Gasteiger partial charge in [0.05, 0.1) is 10.7 Å². The lowest BCUT2D eigenvalue weighted by molar-refractivity contribution is 0.254. The Morgan fingerprint density at radius 1 is 1.12 bits per heavy atom. The number of hydrogen-bond donors (Lipinski definition) is 0. The highest BCUT2D eigenvalue weighted by atomic mass is 35.5. The van der Waals surface area contributed by atoms with Crippen LogP contribution in [-0.4, -0.2) is 37.6 Å². The smallest absolute Gasteiger partial charge is 0.0639 e. The molecular formula is C14H21ClN2. The van der Waals surface area contributed by atoms with Crippen molar-refractivity contribution in [2.45, 2.75) is 19.8 Å². The molecule has 1 fully saturated rings. The van der Waals surface area contributed by atoms with Crippen LogP contribution in [0.2, 0.25) is 5.02 Å². The first-order valence-corrected chi connectivity index (χ1v) is 6.91. The summed E-state index contributed by atoms with van der Waals surface area (Å²) in [6.07, 6.45) is 2.59. The molecule has 0 radical (unpaired) electrons. The molecule has 0 atom stereocenters. The third kappa shape index (κ3) is 3.36. The maximum atomic E-state index is 6.22. The van der Waals surface area contributed by atoms with E-state index in [1.54, 1.807) is 0 Å². The van der Waals surface area contributed by atoms with E-state index in [0.29, 0.717) is 0 Å². The lowest BCUT2D eigenvalue weighted by atomic mass is 10.2. The summed E-state index contributed by atoms with van der Waals surface area (Å²) in [6.45, 7) is 7.99. The molecule has 0 aliphatic carbocycles. The Bertz CT molecular complexity index is 346. The third-order valence-electron chi connectivity index (χ3n) is 3.39. The molecule has 0 bridgehead atoms. The summed E-state index contributed by atoms with van der Waals surface area (Å²) in [4.78, 5) is 4.95. The maximum absolute atomic E-state index is 6.22. The average molecular weight is 253 g/mol. The van der Waals surface area contributed by atoms with Gasteiger partial charge in [-0.1, -0.05) is 37.1 Å². The highest BCUT2D eigenvalue weighted by molar-refractivity contribution is 6.33. The molecule has 0 N–H and O–H groups in total. The Hall–Kier alpha value is -0.730. The van der Waals surface area contributed by atoms with Crippen LogP contribution in [0.4, 0.5) is 5.69 Å². The van der Waals surface area contributed by atoms with E-state index in [0.717, 1.165) is 31.2 Å². The van der Waals surface area contributed by atoms with Gasteiger partial charge in [0.2, 0.25) is 0 Å². The minimum atomic E-state index is 0.870. The van der Waals surface area contributed by atoms with Crippen molar-refractivity contribution < 1.29 is 0 Å². The van der Waals surface area contributed by atoms with Crippen LogP contribution in [-0.2, 0) is 0 Å². The van der Waals surface area contributed by atoms with E-state index in [9.17, 15) is 0 Å². The van der Waals surface area contributed by atoms with E-state index in [2.05, 4.69) is 28.9 Å². The second-order valence-electron chi connectivity index (χ2n) is 4.63. The quantitative estimate of drug-likeness (QED) is 0.812. The molecule has 1 saturated heterocycles. The van der Waals surface area contributed by atoms with Crippen molar-refractivity contribution in [2.24, 2.45) is 0 Å². The monoisotopic (exact) mass is 252 g/mol. The lowest BCUT2D eigenvalue weighted by Gasteiger charge is -2.36. The maximum Gasteiger partial charge on any atom is 0.0639 e. The van der Waals surface area contributed by atoms with Crippen LogP contribution in [0.25, 0.3) is 0 Å². The highest BCUT2D eigenvalue weighted by Crippen LogP contribution is 2.25. The van der Waals surface area contributed by atoms with E-state index < -0.39 is 0 Å². The van der Waals surface area contributed by atoms with Crippen molar-refractivity contribution >= 4 is 17.3 Å². The minimum absolute atomic E-state index is 0.870. The molecule has 1 aliphatic heterocycles. The molecule has 94 valence electrons. The molecule has 3 heteroatoms. The number of piperazine rings is 1. The topological polar surface area (TPSA) is 6.48 Å². The molecule has 0 saturated carbocycles. The van der Waals surface area contributed by atoms with Crippen molar-refractivity contribution in [3.63, 3.8) is 0 Å². The number of unbranched alkanes of at least 4 members (excludes halogenated alkanes) is 1. The van der Waals surface area contributed by atoms with Crippen molar-refractivity contribution in [3.8, 4) is 0 Å². The van der Waals surface area contributed by atoms with Gasteiger partial charge in [-0.15, -0.1) is 0 Å². The Morgan fingerprint density at radius 2 is 1.82 bits per heavy atom. The van der Waals surface area contributed by atoms with Crippen LogP contribution in [0.5, 0.6) is 0 Å². The van der Waals surface area contributed by atoms with Crippen molar-refractivity contribution in [1.82, 2.24) is 4.90 Å². The van der Waals surface area contributed by atoms with Gasteiger partial charge >= 0.3 is 0 Å². The minimum Gasteiger partial charge on any atom is -0.368 e. The SMILES string of the molecule is CCCCN1CCN(c2ccccc2Cl)CC1. The first-order chi connectivity index (χ1) is 8.31. The van der Waals surface area contributed by atoms with Gasteiger partial charge in [-0.05, 0) is 25.1 Å². The fourth-order valence-electron chi connectivity index (χ4n) is 2.30. The molecule has 0 amide bonds. The van der Waals surface area contributed by atoms with Crippen LogP contribution in [0.3, 0.4) is 0 Å². The number of hydrogen-bond acceptors (Lipinski definition) is 2. The zero-order chi connectivity index (χ0) is 12.1. The Kier molecular flexibility index (Phi) is 4.69. The average Bonchev–Trinajstić information content (AvgIpc) is 2.38. The van der Waals surface area contributed by atoms with Gasteiger partial charge in [0.25, 0.3) is 0 Å². The van der Waals surface area contributed by atoms with Crippen molar-refractivity contribution in [3.05, 3.63) is 29.3 Å². The summed E-state index contributed by atoms with van der Waals surface area (Å²) < 4.78 is 0. The molecule has 0 unspecified atom stereocenters. The van der Waals surface area contributed by atoms with Crippen molar-refractivity contribution in [1.29, 1.82) is 0 Å². The number of halogens is 1. The highest BCUT2D eigenvalue weighted by Gasteiger charge is 2.17. The summed E-state index contributed by atoms with van der Waals surface area (Å²) in [5.41, 5.74) is 1.18. The first kappa shape index (κ1) is 12.7. The number of rotatable bonds is 4. The van der Waals surface area contributed by atoms with Crippen molar-refractivity contribution in [2.75, 3.05) is 37.6 Å². The summed E-state index contributed by atoms with van der Waals surface area (Å²) in [6, 6.07) is 8.14. The molecule has 2 rings (SSSR count). The van der Waals surface area contributed by atoms with Gasteiger partial charge < -0.3 is 4.90 Å². The van der Waals surface area contributed by atoms with Gasteiger partial charge in [0.1, 0.15) is 0 Å². The van der Waals surface area contributed by atoms with Crippen LogP contribution < -0.4 is 4.90 Å². The molecular weight excluding hydrogens is 232 g/mol. The van der Waals surface area contributed by atoms with E-state index >= 15 is 0 Å². The van der Waals surface area contributed by atoms with Gasteiger partial charge in [-0.3, -0.25) is 4.90 Å². The zero-order valence-corrected chi connectivity index (χ0v) is 11.3. The van der Waals surface area contributed by atoms with Gasteiger partial charge in [-0.25, -0.2) is 0 Å². The van der Waals surface area contributed by atoms with Crippen LogP contribution >= 0.6 is 11.6 Å². The predicted molar refractivity (Wildman–Crippen MR) is 75.0 cm³/mol. The molecule has 0 aromatic heterocycles. The van der Waals surface area contributed by atoms with Crippen LogP contribution in [0.1, 0.15) is 19.8 Å². The fraction of sp³-hybridized carbons (Fsp3) is 0.571.